The van der Waals surface area contributed by atoms with Crippen molar-refractivity contribution in [3.63, 3.8) is 0 Å². The van der Waals surface area contributed by atoms with Crippen molar-refractivity contribution in [2.75, 3.05) is 7.05 Å². The second kappa shape index (κ2) is 15.4. The van der Waals surface area contributed by atoms with Crippen LogP contribution in [0.3, 0.4) is 0 Å². The Morgan fingerprint density at radius 2 is 1.88 bits per heavy atom. The summed E-state index contributed by atoms with van der Waals surface area (Å²) in [6.45, 7) is 10.7. The van der Waals surface area contributed by atoms with E-state index in [1.807, 2.05) is 13.1 Å². The maximum Gasteiger partial charge on any atom is 0.0374 e. The van der Waals surface area contributed by atoms with Crippen molar-refractivity contribution in [2.24, 2.45) is 10.9 Å². The third-order valence-electron chi connectivity index (χ3n) is 6.57. The average Bonchev–Trinajstić information content (AvgIpc) is 3.06. The highest BCUT2D eigenvalue weighted by atomic mass is 14.6. The predicted octanol–water partition coefficient (Wildman–Crippen LogP) is 9.48. The van der Waals surface area contributed by atoms with Crippen molar-refractivity contribution in [3.8, 4) is 0 Å². The van der Waals surface area contributed by atoms with Gasteiger partial charge in [0.1, 0.15) is 0 Å². The van der Waals surface area contributed by atoms with E-state index in [2.05, 4.69) is 87.1 Å². The molecule has 0 amide bonds. The van der Waals surface area contributed by atoms with Crippen molar-refractivity contribution in [2.45, 2.75) is 85.0 Å². The lowest BCUT2D eigenvalue weighted by Gasteiger charge is -2.16. The van der Waals surface area contributed by atoms with E-state index in [-0.39, 0.29) is 5.92 Å². The van der Waals surface area contributed by atoms with Gasteiger partial charge >= 0.3 is 0 Å². The molecule has 1 aromatic rings. The molecule has 1 nitrogen and oxygen atoms in total. The van der Waals surface area contributed by atoms with Crippen molar-refractivity contribution >= 4 is 11.8 Å². The van der Waals surface area contributed by atoms with Gasteiger partial charge in [-0.1, -0.05) is 93.8 Å². The molecule has 0 bridgehead atoms. The first-order valence-electron chi connectivity index (χ1n) is 13.1. The van der Waals surface area contributed by atoms with Crippen LogP contribution in [0, 0.1) is 5.92 Å². The number of rotatable bonds is 14. The standard InChI is InChI=1S/C32H45N/c1-6-10-12-15-26(8-3)23-31(25-33-5)32-18-14-17-30(24-28(32)9-4)29-21-19-27(20-22-29)16-13-11-7-2/h6,14,18-25,31H,1,7-13,15-17H2,2-5H3/b26-23+,33-25+. The Labute approximate surface area is 203 Å². The van der Waals surface area contributed by atoms with Gasteiger partial charge in [-0.25, -0.2) is 0 Å². The molecule has 0 radical (unpaired) electrons. The summed E-state index contributed by atoms with van der Waals surface area (Å²) in [5.41, 5.74) is 8.55. The molecule has 0 aromatic heterocycles. The van der Waals surface area contributed by atoms with Gasteiger partial charge in [-0.05, 0) is 79.2 Å². The van der Waals surface area contributed by atoms with Gasteiger partial charge in [-0.2, -0.15) is 0 Å². The molecule has 33 heavy (non-hydrogen) atoms. The summed E-state index contributed by atoms with van der Waals surface area (Å²) in [5.74, 6) is 0.233. The van der Waals surface area contributed by atoms with Gasteiger partial charge in [0.2, 0.25) is 0 Å². The highest BCUT2D eigenvalue weighted by Crippen LogP contribution is 2.31. The van der Waals surface area contributed by atoms with Crippen LogP contribution in [0.25, 0.3) is 5.57 Å². The third-order valence-corrected chi connectivity index (χ3v) is 6.57. The number of aliphatic imine (C=N–C) groups is 1. The van der Waals surface area contributed by atoms with Crippen LogP contribution in [0.15, 0.2) is 82.9 Å². The zero-order valence-corrected chi connectivity index (χ0v) is 21.6. The molecule has 0 spiro atoms. The quantitative estimate of drug-likeness (QED) is 0.154. The first-order valence-corrected chi connectivity index (χ1v) is 13.1. The number of unbranched alkanes of at least 4 members (excludes halogenated alkanes) is 3. The van der Waals surface area contributed by atoms with E-state index in [4.69, 9.17) is 0 Å². The second-order valence-corrected chi connectivity index (χ2v) is 9.06. The molecule has 0 heterocycles. The number of hydrogen-bond acceptors (Lipinski definition) is 1. The normalized spacial score (nSPS) is 15.6. The van der Waals surface area contributed by atoms with Gasteiger partial charge in [0, 0.05) is 19.2 Å². The van der Waals surface area contributed by atoms with Gasteiger partial charge in [0.25, 0.3) is 0 Å². The van der Waals surface area contributed by atoms with Crippen LogP contribution in [-0.2, 0) is 6.42 Å². The molecule has 1 atom stereocenters. The fourth-order valence-corrected chi connectivity index (χ4v) is 4.55. The van der Waals surface area contributed by atoms with Crippen LogP contribution < -0.4 is 0 Å². The molecule has 0 aliphatic heterocycles. The molecule has 2 rings (SSSR count). The van der Waals surface area contributed by atoms with E-state index in [0.29, 0.717) is 0 Å². The molecule has 1 heteroatoms. The van der Waals surface area contributed by atoms with Gasteiger partial charge in [0.05, 0.1) is 0 Å². The van der Waals surface area contributed by atoms with E-state index in [0.717, 1.165) is 32.1 Å². The van der Waals surface area contributed by atoms with Crippen molar-refractivity contribution in [1.82, 2.24) is 0 Å². The predicted molar refractivity (Wildman–Crippen MR) is 149 cm³/mol. The molecule has 0 saturated carbocycles. The van der Waals surface area contributed by atoms with E-state index >= 15 is 0 Å². The van der Waals surface area contributed by atoms with E-state index in [9.17, 15) is 0 Å². The molecular formula is C32H45N. The Hall–Kier alpha value is -2.41. The van der Waals surface area contributed by atoms with Crippen LogP contribution >= 0.6 is 0 Å². The number of nitrogens with zero attached hydrogens (tertiary/aromatic N) is 1. The van der Waals surface area contributed by atoms with Gasteiger partial charge < -0.3 is 0 Å². The molecule has 0 N–H and O–H groups in total. The molecule has 178 valence electrons. The zero-order valence-electron chi connectivity index (χ0n) is 21.6. The average molecular weight is 444 g/mol. The molecule has 0 fully saturated rings. The van der Waals surface area contributed by atoms with Crippen molar-refractivity contribution < 1.29 is 0 Å². The van der Waals surface area contributed by atoms with Crippen molar-refractivity contribution in [3.05, 3.63) is 89.1 Å². The van der Waals surface area contributed by atoms with E-state index < -0.39 is 0 Å². The Morgan fingerprint density at radius 1 is 1.09 bits per heavy atom. The van der Waals surface area contributed by atoms with Crippen LogP contribution in [0.2, 0.25) is 0 Å². The third kappa shape index (κ3) is 8.80. The zero-order chi connectivity index (χ0) is 23.9. The maximum absolute atomic E-state index is 4.44. The summed E-state index contributed by atoms with van der Waals surface area (Å²) in [7, 11) is 1.89. The highest BCUT2D eigenvalue weighted by molar-refractivity contribution is 5.75. The Bertz CT molecular complexity index is 874. The SMILES string of the molecule is C=CCCC/C(=C/C(/C=N/C)C1=C(CC)C=C(c2ccc(CCCCC)cc2)CC=C1)CC. The summed E-state index contributed by atoms with van der Waals surface area (Å²) in [5, 5.41) is 0. The topological polar surface area (TPSA) is 12.4 Å². The summed E-state index contributed by atoms with van der Waals surface area (Å²) >= 11 is 0. The summed E-state index contributed by atoms with van der Waals surface area (Å²) in [4.78, 5) is 4.44. The Balaban J connectivity index is 2.32. The number of hydrogen-bond donors (Lipinski definition) is 0. The summed E-state index contributed by atoms with van der Waals surface area (Å²) < 4.78 is 0. The van der Waals surface area contributed by atoms with Crippen LogP contribution in [0.4, 0.5) is 0 Å². The first-order chi connectivity index (χ1) is 16.2. The largest absolute Gasteiger partial charge is 0.300 e. The number of allylic oxidation sites excluding steroid dienone is 9. The molecular weight excluding hydrogens is 398 g/mol. The fraction of sp³-hybridized carbons (Fsp3) is 0.469. The second-order valence-electron chi connectivity index (χ2n) is 9.06. The molecule has 1 aliphatic rings. The van der Waals surface area contributed by atoms with Gasteiger partial charge in [0.15, 0.2) is 0 Å². The minimum absolute atomic E-state index is 0.233. The van der Waals surface area contributed by atoms with Gasteiger partial charge in [-0.3, -0.25) is 4.99 Å². The molecule has 0 saturated heterocycles. The van der Waals surface area contributed by atoms with Crippen LogP contribution in [0.5, 0.6) is 0 Å². The number of benzene rings is 1. The lowest BCUT2D eigenvalue weighted by Crippen LogP contribution is -2.05. The van der Waals surface area contributed by atoms with Gasteiger partial charge in [-0.15, -0.1) is 6.58 Å². The smallest absolute Gasteiger partial charge is 0.0374 e. The fourth-order valence-electron chi connectivity index (χ4n) is 4.55. The highest BCUT2D eigenvalue weighted by Gasteiger charge is 2.15. The maximum atomic E-state index is 4.44. The monoisotopic (exact) mass is 443 g/mol. The summed E-state index contributed by atoms with van der Waals surface area (Å²) in [6.07, 6.45) is 25.3. The van der Waals surface area contributed by atoms with Crippen LogP contribution in [-0.4, -0.2) is 13.3 Å². The number of aryl methyl sites for hydroxylation is 1. The summed E-state index contributed by atoms with van der Waals surface area (Å²) in [6, 6.07) is 9.28. The minimum atomic E-state index is 0.233. The van der Waals surface area contributed by atoms with E-state index in [1.54, 1.807) is 0 Å². The Kier molecular flexibility index (Phi) is 12.6. The lowest BCUT2D eigenvalue weighted by atomic mass is 9.89. The molecule has 1 aromatic carbocycles. The minimum Gasteiger partial charge on any atom is -0.300 e. The van der Waals surface area contributed by atoms with Crippen molar-refractivity contribution in [1.29, 1.82) is 0 Å². The van der Waals surface area contributed by atoms with E-state index in [1.165, 1.54) is 65.5 Å². The molecule has 1 unspecified atom stereocenters. The first kappa shape index (κ1) is 26.8. The lowest BCUT2D eigenvalue weighted by molar-refractivity contribution is 0.717. The molecule has 1 aliphatic carbocycles. The Morgan fingerprint density at radius 3 is 2.52 bits per heavy atom. The van der Waals surface area contributed by atoms with Crippen LogP contribution in [0.1, 0.15) is 89.7 Å².